The van der Waals surface area contributed by atoms with Gasteiger partial charge in [-0.3, -0.25) is 9.48 Å². The Balaban J connectivity index is 1.78. The highest BCUT2D eigenvalue weighted by atomic mass is 16.3. The number of aliphatic hydroxyl groups is 1. The number of piperidine rings is 1. The first-order valence-electron chi connectivity index (χ1n) is 8.93. The van der Waals surface area contributed by atoms with Crippen LogP contribution in [0.2, 0.25) is 0 Å². The molecule has 0 bridgehead atoms. The van der Waals surface area contributed by atoms with Gasteiger partial charge < -0.3 is 15.3 Å². The molecule has 0 radical (unpaired) electrons. The second kappa shape index (κ2) is 7.70. The standard InChI is InChI=1S/C19H26N4O2/c1-3-23-18(12-14(2)21-23)19(25)20-16-6-4-5-7-17(16)22-10-8-15(13-24)9-11-22/h4-7,12,15,24H,3,8-11,13H2,1-2H3,(H,20,25). The normalized spacial score (nSPS) is 15.4. The summed E-state index contributed by atoms with van der Waals surface area (Å²) < 4.78 is 1.72. The van der Waals surface area contributed by atoms with Gasteiger partial charge in [-0.2, -0.15) is 5.10 Å². The summed E-state index contributed by atoms with van der Waals surface area (Å²) in [6.45, 7) is 6.57. The van der Waals surface area contributed by atoms with Crippen LogP contribution < -0.4 is 10.2 Å². The minimum atomic E-state index is -0.139. The first-order chi connectivity index (χ1) is 12.1. The van der Waals surface area contributed by atoms with Crippen LogP contribution in [0.3, 0.4) is 0 Å². The Morgan fingerprint density at radius 1 is 1.32 bits per heavy atom. The van der Waals surface area contributed by atoms with Crippen molar-refractivity contribution in [2.45, 2.75) is 33.2 Å². The minimum absolute atomic E-state index is 0.139. The van der Waals surface area contributed by atoms with Crippen molar-refractivity contribution in [1.82, 2.24) is 9.78 Å². The third kappa shape index (κ3) is 3.85. The van der Waals surface area contributed by atoms with E-state index in [1.165, 1.54) is 0 Å². The van der Waals surface area contributed by atoms with Crippen molar-refractivity contribution >= 4 is 17.3 Å². The fourth-order valence-electron chi connectivity index (χ4n) is 3.37. The number of aliphatic hydroxyl groups excluding tert-OH is 1. The summed E-state index contributed by atoms with van der Waals surface area (Å²) in [5.41, 5.74) is 3.27. The van der Waals surface area contributed by atoms with Crippen molar-refractivity contribution in [1.29, 1.82) is 0 Å². The minimum Gasteiger partial charge on any atom is -0.396 e. The van der Waals surface area contributed by atoms with E-state index in [4.69, 9.17) is 0 Å². The number of aryl methyl sites for hydroxylation is 2. The molecule has 1 saturated heterocycles. The van der Waals surface area contributed by atoms with Crippen molar-refractivity contribution in [2.75, 3.05) is 29.9 Å². The van der Waals surface area contributed by atoms with Crippen molar-refractivity contribution in [2.24, 2.45) is 5.92 Å². The highest BCUT2D eigenvalue weighted by molar-refractivity contribution is 6.05. The molecule has 1 aliphatic rings. The lowest BCUT2D eigenvalue weighted by Crippen LogP contribution is -2.35. The molecule has 6 heteroatoms. The molecule has 25 heavy (non-hydrogen) atoms. The van der Waals surface area contributed by atoms with Gasteiger partial charge in [0, 0.05) is 26.2 Å². The SMILES string of the molecule is CCn1nc(C)cc1C(=O)Nc1ccccc1N1CCC(CO)CC1. The highest BCUT2D eigenvalue weighted by Gasteiger charge is 2.21. The van der Waals surface area contributed by atoms with E-state index in [-0.39, 0.29) is 12.5 Å². The molecule has 1 aromatic carbocycles. The first kappa shape index (κ1) is 17.5. The lowest BCUT2D eigenvalue weighted by molar-refractivity contribution is 0.101. The molecule has 2 heterocycles. The average Bonchev–Trinajstić information content (AvgIpc) is 3.03. The molecule has 0 saturated carbocycles. The summed E-state index contributed by atoms with van der Waals surface area (Å²) in [5, 5.41) is 16.7. The molecule has 1 aromatic heterocycles. The van der Waals surface area contributed by atoms with Crippen LogP contribution in [0, 0.1) is 12.8 Å². The van der Waals surface area contributed by atoms with Gasteiger partial charge in [-0.15, -0.1) is 0 Å². The third-order valence-electron chi connectivity index (χ3n) is 4.80. The molecule has 0 unspecified atom stereocenters. The number of amides is 1. The van der Waals surface area contributed by atoms with Gasteiger partial charge in [0.05, 0.1) is 17.1 Å². The zero-order valence-corrected chi connectivity index (χ0v) is 14.9. The zero-order valence-electron chi connectivity index (χ0n) is 14.9. The van der Waals surface area contributed by atoms with Crippen LogP contribution >= 0.6 is 0 Å². The van der Waals surface area contributed by atoms with E-state index in [2.05, 4.69) is 15.3 Å². The van der Waals surface area contributed by atoms with Gasteiger partial charge in [0.15, 0.2) is 0 Å². The number of hydrogen-bond donors (Lipinski definition) is 2. The van der Waals surface area contributed by atoms with Crippen molar-refractivity contribution in [3.63, 3.8) is 0 Å². The van der Waals surface area contributed by atoms with Crippen molar-refractivity contribution in [3.05, 3.63) is 41.7 Å². The summed E-state index contributed by atoms with van der Waals surface area (Å²) in [5.74, 6) is 0.250. The number of anilines is 2. The van der Waals surface area contributed by atoms with Gasteiger partial charge in [-0.25, -0.2) is 0 Å². The molecule has 1 fully saturated rings. The van der Waals surface area contributed by atoms with Crippen LogP contribution in [0.4, 0.5) is 11.4 Å². The second-order valence-corrected chi connectivity index (χ2v) is 6.57. The lowest BCUT2D eigenvalue weighted by Gasteiger charge is -2.34. The summed E-state index contributed by atoms with van der Waals surface area (Å²) in [7, 11) is 0. The van der Waals surface area contributed by atoms with Crippen molar-refractivity contribution < 1.29 is 9.90 Å². The Labute approximate surface area is 148 Å². The molecular formula is C19H26N4O2. The summed E-state index contributed by atoms with van der Waals surface area (Å²) in [4.78, 5) is 15.0. The first-order valence-corrected chi connectivity index (χ1v) is 8.93. The fraction of sp³-hybridized carbons (Fsp3) is 0.474. The number of hydrogen-bond acceptors (Lipinski definition) is 4. The van der Waals surface area contributed by atoms with Crippen LogP contribution in [0.5, 0.6) is 0 Å². The van der Waals surface area contributed by atoms with E-state index >= 15 is 0 Å². The number of benzene rings is 1. The number of carbonyl (C=O) groups excluding carboxylic acids is 1. The van der Waals surface area contributed by atoms with E-state index in [0.717, 1.165) is 43.0 Å². The van der Waals surface area contributed by atoms with Gasteiger partial charge in [-0.1, -0.05) is 12.1 Å². The monoisotopic (exact) mass is 342 g/mol. The molecular weight excluding hydrogens is 316 g/mol. The largest absolute Gasteiger partial charge is 0.396 e. The lowest BCUT2D eigenvalue weighted by atomic mass is 9.97. The van der Waals surface area contributed by atoms with Crippen LogP contribution in [0.25, 0.3) is 0 Å². The number of para-hydroxylation sites is 2. The number of nitrogens with zero attached hydrogens (tertiary/aromatic N) is 3. The molecule has 1 amide bonds. The second-order valence-electron chi connectivity index (χ2n) is 6.57. The Morgan fingerprint density at radius 2 is 2.04 bits per heavy atom. The van der Waals surface area contributed by atoms with Gasteiger partial charge >= 0.3 is 0 Å². The maximum Gasteiger partial charge on any atom is 0.273 e. The quantitative estimate of drug-likeness (QED) is 0.876. The Bertz CT molecular complexity index is 733. The fourth-order valence-corrected chi connectivity index (χ4v) is 3.37. The predicted molar refractivity (Wildman–Crippen MR) is 99.1 cm³/mol. The Morgan fingerprint density at radius 3 is 2.72 bits per heavy atom. The smallest absolute Gasteiger partial charge is 0.273 e. The topological polar surface area (TPSA) is 70.4 Å². The predicted octanol–water partition coefficient (Wildman–Crippen LogP) is 2.67. The van der Waals surface area contributed by atoms with Gasteiger partial charge in [0.25, 0.3) is 5.91 Å². The molecule has 3 rings (SSSR count). The number of carbonyl (C=O) groups is 1. The van der Waals surface area contributed by atoms with Crippen molar-refractivity contribution in [3.8, 4) is 0 Å². The molecule has 6 nitrogen and oxygen atoms in total. The maximum atomic E-state index is 12.7. The van der Waals surface area contributed by atoms with Crippen LogP contribution in [0.1, 0.15) is 35.9 Å². The van der Waals surface area contributed by atoms with Crippen LogP contribution in [-0.4, -0.2) is 40.5 Å². The maximum absolute atomic E-state index is 12.7. The van der Waals surface area contributed by atoms with E-state index in [1.807, 2.05) is 44.2 Å². The molecule has 0 atom stereocenters. The average molecular weight is 342 g/mol. The highest BCUT2D eigenvalue weighted by Crippen LogP contribution is 2.30. The molecule has 0 aliphatic carbocycles. The molecule has 134 valence electrons. The van der Waals surface area contributed by atoms with Gasteiger partial charge in [-0.05, 0) is 50.8 Å². The summed E-state index contributed by atoms with van der Waals surface area (Å²) in [6.07, 6.45) is 1.95. The number of aromatic nitrogens is 2. The third-order valence-corrected chi connectivity index (χ3v) is 4.80. The van der Waals surface area contributed by atoms with Crippen LogP contribution in [-0.2, 0) is 6.54 Å². The number of rotatable bonds is 5. The molecule has 0 spiro atoms. The van der Waals surface area contributed by atoms with E-state index in [1.54, 1.807) is 4.68 Å². The van der Waals surface area contributed by atoms with E-state index in [9.17, 15) is 9.90 Å². The number of nitrogens with one attached hydrogen (secondary N) is 1. The van der Waals surface area contributed by atoms with Crippen LogP contribution in [0.15, 0.2) is 30.3 Å². The Hall–Kier alpha value is -2.34. The molecule has 2 aromatic rings. The molecule has 2 N–H and O–H groups in total. The van der Waals surface area contributed by atoms with Gasteiger partial charge in [0.2, 0.25) is 0 Å². The summed E-state index contributed by atoms with van der Waals surface area (Å²) in [6, 6.07) is 9.71. The molecule has 1 aliphatic heterocycles. The summed E-state index contributed by atoms with van der Waals surface area (Å²) >= 11 is 0. The Kier molecular flexibility index (Phi) is 5.38. The van der Waals surface area contributed by atoms with Gasteiger partial charge in [0.1, 0.15) is 5.69 Å². The van der Waals surface area contributed by atoms with E-state index in [0.29, 0.717) is 18.2 Å². The zero-order chi connectivity index (χ0) is 17.8. The van der Waals surface area contributed by atoms with E-state index < -0.39 is 0 Å².